The van der Waals surface area contributed by atoms with Gasteiger partial charge in [-0.25, -0.2) is 0 Å². The average Bonchev–Trinajstić information content (AvgIpc) is 2.59. The monoisotopic (exact) mass is 1810 g/mol. The summed E-state index contributed by atoms with van der Waals surface area (Å²) >= 11 is 80.3. The second-order valence-corrected chi connectivity index (χ2v) is 44.2. The van der Waals surface area contributed by atoms with Gasteiger partial charge in [-0.2, -0.15) is 0 Å². The minimum absolute atomic E-state index is 0.582. The molecule has 0 spiro atoms. The molecule has 0 atom stereocenters. The van der Waals surface area contributed by atoms with E-state index < -0.39 is 31.2 Å². The van der Waals surface area contributed by atoms with Crippen LogP contribution in [0.25, 0.3) is 0 Å². The Kier molecular flexibility index (Phi) is 18.3. The summed E-state index contributed by atoms with van der Waals surface area (Å²) in [6.07, 6.45) is 0.718. The van der Waals surface area contributed by atoms with Crippen molar-refractivity contribution in [2.75, 3.05) is 0 Å². The zero-order valence-electron chi connectivity index (χ0n) is 14.6. The summed E-state index contributed by atoms with van der Waals surface area (Å²) < 4.78 is -9.27. The quantitative estimate of drug-likeness (QED) is 0.202. The first kappa shape index (κ1) is 43.1. The molecule has 0 radical (unpaired) electrons. The molecule has 0 fully saturated rings. The fourth-order valence-electron chi connectivity index (χ4n) is 1.81. The van der Waals surface area contributed by atoms with Crippen molar-refractivity contribution >= 4 is 335 Å². The average molecular weight is 1830 g/mol. The van der Waals surface area contributed by atoms with Crippen LogP contribution in [0.15, 0.2) is 0 Å². The minimum atomic E-state index is -1.07. The number of rotatable bonds is 9. The van der Waals surface area contributed by atoms with E-state index in [0.717, 1.165) is 6.42 Å². The Morgan fingerprint density at radius 2 is 0.485 bits per heavy atom. The van der Waals surface area contributed by atoms with Crippen molar-refractivity contribution in [2.45, 2.75) is 44.6 Å². The maximum atomic E-state index is 3.92. The van der Waals surface area contributed by atoms with Gasteiger partial charge >= 0.3 is 0 Å². The summed E-state index contributed by atoms with van der Waals surface area (Å²) in [5.74, 6) is 0. The molecule has 21 heteroatoms. The fourth-order valence-corrected chi connectivity index (χ4v) is 21.3. The van der Waals surface area contributed by atoms with E-state index >= 15 is 0 Å². The lowest BCUT2D eigenvalue weighted by Crippen LogP contribution is -2.70. The lowest BCUT2D eigenvalue weighted by atomic mass is 10.0. The molecule has 0 nitrogen and oxygen atoms in total. The Morgan fingerprint density at radius 3 is 0.667 bits per heavy atom. The van der Waals surface area contributed by atoms with Crippen LogP contribution in [0.3, 0.4) is 0 Å². The molecule has 0 rings (SSSR count). The van der Waals surface area contributed by atoms with Gasteiger partial charge in [0.25, 0.3) is 0 Å². The Labute approximate surface area is 370 Å². The molecule has 0 aliphatic rings. The van der Waals surface area contributed by atoms with E-state index in [1.165, 1.54) is 0 Å². The van der Waals surface area contributed by atoms with Crippen LogP contribution in [0.4, 0.5) is 0 Å². The van der Waals surface area contributed by atoms with Crippen molar-refractivity contribution in [3.8, 4) is 0 Å². The summed E-state index contributed by atoms with van der Waals surface area (Å²) in [7, 11) is 0. The number of hydrogen-bond acceptors (Lipinski definition) is 0. The zero-order chi connectivity index (χ0) is 27.7. The molecule has 0 aromatic carbocycles. The van der Waals surface area contributed by atoms with Crippen LogP contribution in [-0.2, 0) is 0 Å². The van der Waals surface area contributed by atoms with E-state index in [9.17, 15) is 0 Å². The van der Waals surface area contributed by atoms with Crippen LogP contribution < -0.4 is 0 Å². The second-order valence-electron chi connectivity index (χ2n) is 6.15. The smallest absolute Gasteiger partial charge is 0.0701 e. The van der Waals surface area contributed by atoms with Gasteiger partial charge in [0, 0.05) is 0 Å². The predicted molar refractivity (Wildman–Crippen MR) is 225 cm³/mol. The molecule has 0 saturated heterocycles. The van der Waals surface area contributed by atoms with Crippen LogP contribution in [0.5, 0.6) is 0 Å². The third-order valence-corrected chi connectivity index (χ3v) is 47.5. The van der Waals surface area contributed by atoms with Gasteiger partial charge in [-0.05, 0) is 6.42 Å². The molecular weight excluding hydrogens is 1820 g/mol. The first-order valence-electron chi connectivity index (χ1n) is 7.28. The minimum Gasteiger partial charge on any atom is -0.0701 e. The van der Waals surface area contributed by atoms with Crippen LogP contribution in [0, 0.1) is 0 Å². The van der Waals surface area contributed by atoms with Gasteiger partial charge < -0.3 is 0 Å². The largest absolute Gasteiger partial charge is 0.162 e. The highest BCUT2D eigenvalue weighted by molar-refractivity contribution is 9.42. The lowest BCUT2D eigenvalue weighted by molar-refractivity contribution is 0.551. The second kappa shape index (κ2) is 14.1. The maximum Gasteiger partial charge on any atom is 0.162 e. The van der Waals surface area contributed by atoms with E-state index in [-0.39, 0.29) is 0 Å². The van der Waals surface area contributed by atoms with E-state index in [2.05, 4.69) is 335 Å². The standard InChI is InChI=1S/C12H5Br21/c1-2-3(13,14)4(15,16)5(17,18)6(19,20)7(21,22)8(23,24)9(25,26)10(27,28)11(29,30)12(31,32)33/h2H2,1H3. The number of halogens is 21. The molecule has 33 heavy (non-hydrogen) atoms. The van der Waals surface area contributed by atoms with E-state index in [1.54, 1.807) is 0 Å². The van der Waals surface area contributed by atoms with Crippen molar-refractivity contribution in [3.05, 3.63) is 0 Å². The zero-order valence-corrected chi connectivity index (χ0v) is 48.0. The molecule has 0 aliphatic carbocycles. The maximum absolute atomic E-state index is 3.92. The molecule has 0 unspecified atom stereocenters. The van der Waals surface area contributed by atoms with E-state index in [1.807, 2.05) is 6.92 Å². The summed E-state index contributed by atoms with van der Waals surface area (Å²) in [6, 6.07) is 0. The van der Waals surface area contributed by atoms with Crippen LogP contribution >= 0.6 is 335 Å². The number of hydrogen-bond donors (Lipinski definition) is 0. The van der Waals surface area contributed by atoms with Crippen molar-refractivity contribution in [1.82, 2.24) is 0 Å². The Balaban J connectivity index is 7.03. The molecule has 0 aromatic heterocycles. The van der Waals surface area contributed by atoms with Crippen LogP contribution in [-0.4, -0.2) is 31.2 Å². The van der Waals surface area contributed by atoms with Gasteiger partial charge in [-0.1, -0.05) is 341 Å². The Hall–Kier alpha value is 10.1. The fraction of sp³-hybridized carbons (Fsp3) is 1.00. The molecule has 0 bridgehead atoms. The van der Waals surface area contributed by atoms with Gasteiger partial charge in [0.15, 0.2) is 2.14 Å². The Bertz CT molecular complexity index is 709. The summed E-state index contributed by atoms with van der Waals surface area (Å²) in [5.41, 5.74) is 0. The third kappa shape index (κ3) is 7.64. The molecular formula is C12H5Br21. The van der Waals surface area contributed by atoms with Gasteiger partial charge in [0.1, 0.15) is 29.1 Å². The summed E-state index contributed by atoms with van der Waals surface area (Å²) in [6.45, 7) is 2.04. The van der Waals surface area contributed by atoms with Crippen molar-refractivity contribution < 1.29 is 0 Å². The first-order valence-corrected chi connectivity index (χ1v) is 23.9. The molecule has 200 valence electrons. The lowest BCUT2D eigenvalue weighted by Gasteiger charge is -2.59. The Morgan fingerprint density at radius 1 is 0.303 bits per heavy atom. The third-order valence-electron chi connectivity index (χ3n) is 4.02. The molecule has 0 heterocycles. The van der Waals surface area contributed by atoms with Crippen LogP contribution in [0.2, 0.25) is 0 Å². The predicted octanol–water partition coefficient (Wildman–Crippen LogP) is 16.6. The highest BCUT2D eigenvalue weighted by Gasteiger charge is 2.79. The van der Waals surface area contributed by atoms with Gasteiger partial charge in [-0.3, -0.25) is 0 Å². The molecule has 0 aliphatic heterocycles. The highest BCUT2D eigenvalue weighted by atomic mass is 80.0. The molecule has 0 amide bonds. The van der Waals surface area contributed by atoms with Gasteiger partial charge in [0.05, 0.1) is 0 Å². The van der Waals surface area contributed by atoms with Gasteiger partial charge in [0.2, 0.25) is 0 Å². The SMILES string of the molecule is CCC(Br)(Br)C(Br)(Br)C(Br)(Br)C(Br)(Br)C(Br)(Br)C(Br)(Br)C(Br)(Br)C(Br)(Br)C(Br)(Br)C(Br)(Br)Br. The van der Waals surface area contributed by atoms with Gasteiger partial charge in [-0.15, -0.1) is 0 Å². The summed E-state index contributed by atoms with van der Waals surface area (Å²) in [4.78, 5) is 0. The first-order chi connectivity index (χ1) is 13.8. The molecule has 0 N–H and O–H groups in total. The van der Waals surface area contributed by atoms with Crippen molar-refractivity contribution in [3.63, 3.8) is 0 Å². The molecule has 0 saturated carbocycles. The highest BCUT2D eigenvalue weighted by Crippen LogP contribution is 2.80. The normalized spacial score (nSPS) is 16.9. The molecule has 0 aromatic rings. The van der Waals surface area contributed by atoms with Crippen molar-refractivity contribution in [2.24, 2.45) is 0 Å². The van der Waals surface area contributed by atoms with E-state index in [0.29, 0.717) is 0 Å². The van der Waals surface area contributed by atoms with Crippen LogP contribution in [0.1, 0.15) is 13.3 Å². The van der Waals surface area contributed by atoms with E-state index in [4.69, 9.17) is 0 Å². The number of alkyl halides is 21. The van der Waals surface area contributed by atoms with Crippen molar-refractivity contribution in [1.29, 1.82) is 0 Å². The topological polar surface area (TPSA) is 0 Å². The summed E-state index contributed by atoms with van der Waals surface area (Å²) in [5, 5.41) is 0.